The van der Waals surface area contributed by atoms with Gasteiger partial charge in [-0.1, -0.05) is 16.8 Å². The highest BCUT2D eigenvalue weighted by molar-refractivity contribution is 6.07. The largest absolute Gasteiger partial charge is 0.486 e. The number of nitrogens with zero attached hydrogens (tertiary/aromatic N) is 1. The first kappa shape index (κ1) is 30.4. The molecular weight excluding hydrogens is 618 g/mol. The van der Waals surface area contributed by atoms with E-state index in [1.807, 2.05) is 19.9 Å². The summed E-state index contributed by atoms with van der Waals surface area (Å²) in [6.45, 7) is 4.83. The van der Waals surface area contributed by atoms with Crippen LogP contribution in [0, 0.1) is 35.4 Å². The van der Waals surface area contributed by atoms with Gasteiger partial charge in [-0.25, -0.2) is 4.39 Å². The molecule has 6 aliphatic rings. The second-order valence-electron chi connectivity index (χ2n) is 14.3. The Morgan fingerprint density at radius 2 is 1.81 bits per heavy atom. The molecule has 3 aliphatic carbocycles. The zero-order valence-corrected chi connectivity index (χ0v) is 26.0. The number of oxime groups is 1. The Hall–Kier alpha value is -3.93. The Bertz CT molecular complexity index is 1730. The number of benzene rings is 2. The number of ether oxygens (including phenoxy) is 2. The van der Waals surface area contributed by atoms with Crippen LogP contribution in [0.1, 0.15) is 66.6 Å². The van der Waals surface area contributed by atoms with Crippen molar-refractivity contribution in [3.05, 3.63) is 70.1 Å². The van der Waals surface area contributed by atoms with Crippen molar-refractivity contribution in [2.24, 2.45) is 34.7 Å². The number of carbonyl (C=O) groups is 2. The molecule has 0 spiro atoms. The topological polar surface area (TPSA) is 98.3 Å². The molecule has 2 N–H and O–H groups in total. The number of amides is 2. The molecule has 2 aromatic rings. The van der Waals surface area contributed by atoms with Gasteiger partial charge >= 0.3 is 6.18 Å². The first-order valence-electron chi connectivity index (χ1n) is 16.2. The summed E-state index contributed by atoms with van der Waals surface area (Å²) in [5.74, 6) is -2.42. The summed E-state index contributed by atoms with van der Waals surface area (Å²) in [5.41, 5.74) is 1.66. The standard InChI is InChI=1S/C35H35F4N3O5/c1-34(2)13-18-10-17(29-24-14-45-15-27(24)47-42-29)11-23(31(18)46-34)32(43)41-30-21-7-6-20(22(21)9-16-3-4-16)28(30)33(44)40-19-5-8-26(36)25(12-19)35(37,38)39/h5,8-12,16,20-21,24,27-28,30H,3-4,6-7,13-15H2,1-2H3,(H,40,44)(H,41,43)/b22-9-/t20-,21+,24?,27?,28-,30+/m0/s1. The maximum absolute atomic E-state index is 14.3. The lowest BCUT2D eigenvalue weighted by atomic mass is 9.83. The van der Waals surface area contributed by atoms with Crippen LogP contribution in [0.2, 0.25) is 0 Å². The zero-order chi connectivity index (χ0) is 32.8. The van der Waals surface area contributed by atoms with Crippen LogP contribution < -0.4 is 15.4 Å². The van der Waals surface area contributed by atoms with Gasteiger partial charge < -0.3 is 24.9 Å². The molecule has 47 heavy (non-hydrogen) atoms. The summed E-state index contributed by atoms with van der Waals surface area (Å²) in [4.78, 5) is 33.8. The monoisotopic (exact) mass is 653 g/mol. The molecule has 8 nitrogen and oxygen atoms in total. The van der Waals surface area contributed by atoms with Crippen LogP contribution in [-0.4, -0.2) is 48.5 Å². The molecule has 2 unspecified atom stereocenters. The number of fused-ring (bicyclic) bond motifs is 4. The first-order valence-corrected chi connectivity index (χ1v) is 16.2. The van der Waals surface area contributed by atoms with E-state index in [0.717, 1.165) is 54.2 Å². The van der Waals surface area contributed by atoms with Gasteiger partial charge in [-0.05, 0) is 87.3 Å². The number of halogens is 4. The van der Waals surface area contributed by atoms with Gasteiger partial charge in [0, 0.05) is 29.6 Å². The zero-order valence-electron chi connectivity index (χ0n) is 26.0. The van der Waals surface area contributed by atoms with E-state index >= 15 is 0 Å². The fourth-order valence-corrected chi connectivity index (χ4v) is 8.22. The van der Waals surface area contributed by atoms with Crippen LogP contribution in [0.3, 0.4) is 0 Å². The lowest BCUT2D eigenvalue weighted by Crippen LogP contribution is -2.48. The van der Waals surface area contributed by atoms with E-state index in [1.165, 1.54) is 0 Å². The van der Waals surface area contributed by atoms with Crippen molar-refractivity contribution in [1.82, 2.24) is 5.32 Å². The van der Waals surface area contributed by atoms with Gasteiger partial charge in [-0.2, -0.15) is 13.2 Å². The highest BCUT2D eigenvalue weighted by Crippen LogP contribution is 2.55. The van der Waals surface area contributed by atoms with Crippen LogP contribution >= 0.6 is 0 Å². The van der Waals surface area contributed by atoms with E-state index in [0.29, 0.717) is 49.0 Å². The van der Waals surface area contributed by atoms with Crippen molar-refractivity contribution in [1.29, 1.82) is 0 Å². The van der Waals surface area contributed by atoms with E-state index < -0.39 is 46.9 Å². The molecule has 3 heterocycles. The molecule has 0 aromatic heterocycles. The van der Waals surface area contributed by atoms with E-state index in [4.69, 9.17) is 14.3 Å². The van der Waals surface area contributed by atoms with Crippen LogP contribution in [-0.2, 0) is 27.0 Å². The van der Waals surface area contributed by atoms with Gasteiger partial charge in [-0.3, -0.25) is 9.59 Å². The SMILES string of the molecule is CC1(C)Cc2cc(C3=NOC4COCC34)cc(C(=O)N[C@H]3[C@@H](C(=O)Nc4ccc(F)c(C(F)(F)F)c4)[C@H]4CC[C@@H]3/C4=C\C3CC3)c2O1. The number of allylic oxidation sites excluding steroid dienone is 1. The number of carbonyl (C=O) groups excluding carboxylic acids is 2. The Kier molecular flexibility index (Phi) is 6.99. The van der Waals surface area contributed by atoms with Crippen molar-refractivity contribution >= 4 is 23.2 Å². The van der Waals surface area contributed by atoms with Crippen LogP contribution in [0.15, 0.2) is 47.1 Å². The van der Waals surface area contributed by atoms with Gasteiger partial charge in [0.15, 0.2) is 6.10 Å². The van der Waals surface area contributed by atoms with Crippen LogP contribution in [0.4, 0.5) is 23.2 Å². The Labute approximate surface area is 268 Å². The van der Waals surface area contributed by atoms with Crippen molar-refractivity contribution in [3.8, 4) is 5.75 Å². The summed E-state index contributed by atoms with van der Waals surface area (Å²) >= 11 is 0. The summed E-state index contributed by atoms with van der Waals surface area (Å²) in [7, 11) is 0. The summed E-state index contributed by atoms with van der Waals surface area (Å²) in [5, 5.41) is 10.1. The van der Waals surface area contributed by atoms with Gasteiger partial charge in [0.1, 0.15) is 17.2 Å². The van der Waals surface area contributed by atoms with Crippen molar-refractivity contribution in [2.75, 3.05) is 18.5 Å². The van der Waals surface area contributed by atoms with Gasteiger partial charge in [0.2, 0.25) is 5.91 Å². The van der Waals surface area contributed by atoms with Crippen molar-refractivity contribution in [2.45, 2.75) is 69.9 Å². The lowest BCUT2D eigenvalue weighted by molar-refractivity contribution is -0.140. The number of hydrogen-bond donors (Lipinski definition) is 2. The second-order valence-corrected chi connectivity index (χ2v) is 14.3. The number of hydrogen-bond acceptors (Lipinski definition) is 6. The molecule has 12 heteroatoms. The minimum atomic E-state index is -4.92. The number of nitrogens with one attached hydrogen (secondary N) is 2. The molecule has 2 bridgehead atoms. The molecule has 0 radical (unpaired) electrons. The Morgan fingerprint density at radius 1 is 1.02 bits per heavy atom. The third-order valence-electron chi connectivity index (χ3n) is 10.5. The van der Waals surface area contributed by atoms with E-state index in [-0.39, 0.29) is 29.5 Å². The fourth-order valence-electron chi connectivity index (χ4n) is 8.22. The lowest BCUT2D eigenvalue weighted by Gasteiger charge is -2.30. The number of rotatable bonds is 6. The third-order valence-corrected chi connectivity index (χ3v) is 10.5. The predicted octanol–water partition coefficient (Wildman–Crippen LogP) is 6.04. The molecule has 2 amide bonds. The molecule has 8 rings (SSSR count). The molecule has 4 fully saturated rings. The predicted molar refractivity (Wildman–Crippen MR) is 162 cm³/mol. The molecule has 248 valence electrons. The third kappa shape index (κ3) is 5.38. The average Bonchev–Trinajstić information content (AvgIpc) is 3.32. The van der Waals surface area contributed by atoms with Gasteiger partial charge in [0.25, 0.3) is 5.91 Å². The summed E-state index contributed by atoms with van der Waals surface area (Å²) in [6.07, 6.45) is 1.39. The smallest absolute Gasteiger partial charge is 0.419 e. The van der Waals surface area contributed by atoms with Gasteiger partial charge in [0.05, 0.1) is 41.9 Å². The van der Waals surface area contributed by atoms with Crippen molar-refractivity contribution in [3.63, 3.8) is 0 Å². The molecule has 2 aromatic carbocycles. The quantitative estimate of drug-likeness (QED) is 0.293. The van der Waals surface area contributed by atoms with E-state index in [1.54, 1.807) is 6.07 Å². The molecular formula is C35H35F4N3O5. The van der Waals surface area contributed by atoms with Crippen molar-refractivity contribution < 1.29 is 41.5 Å². The Balaban J connectivity index is 1.12. The summed E-state index contributed by atoms with van der Waals surface area (Å²) < 4.78 is 66.2. The van der Waals surface area contributed by atoms with Crippen LogP contribution in [0.5, 0.6) is 5.75 Å². The second kappa shape index (κ2) is 10.8. The maximum atomic E-state index is 14.3. The minimum absolute atomic E-state index is 0.0441. The fraction of sp³-hybridized carbons (Fsp3) is 0.514. The number of alkyl halides is 3. The molecule has 1 saturated heterocycles. The first-order chi connectivity index (χ1) is 22.4. The van der Waals surface area contributed by atoms with Gasteiger partial charge in [-0.15, -0.1) is 0 Å². The van der Waals surface area contributed by atoms with Crippen LogP contribution in [0.25, 0.3) is 0 Å². The average molecular weight is 654 g/mol. The molecule has 3 saturated carbocycles. The number of anilines is 1. The van der Waals surface area contributed by atoms with E-state index in [2.05, 4.69) is 21.9 Å². The summed E-state index contributed by atoms with van der Waals surface area (Å²) in [6, 6.07) is 5.59. The molecule has 6 atom stereocenters. The molecule has 3 aliphatic heterocycles. The highest BCUT2D eigenvalue weighted by atomic mass is 19.4. The highest BCUT2D eigenvalue weighted by Gasteiger charge is 2.55. The maximum Gasteiger partial charge on any atom is 0.419 e. The normalized spacial score (nSPS) is 30.9. The minimum Gasteiger partial charge on any atom is -0.486 e. The van der Waals surface area contributed by atoms with E-state index in [9.17, 15) is 27.2 Å². The Morgan fingerprint density at radius 3 is 2.57 bits per heavy atom.